The number of rotatable bonds is 5. The highest BCUT2D eigenvalue weighted by molar-refractivity contribution is 9.10. The lowest BCUT2D eigenvalue weighted by Crippen LogP contribution is -2.23. The first-order chi connectivity index (χ1) is 9.61. The first kappa shape index (κ1) is 14.8. The molecule has 20 heavy (non-hydrogen) atoms. The fourth-order valence-electron chi connectivity index (χ4n) is 2.03. The predicted molar refractivity (Wildman–Crippen MR) is 82.8 cm³/mol. The Morgan fingerprint density at radius 3 is 2.60 bits per heavy atom. The summed E-state index contributed by atoms with van der Waals surface area (Å²) in [5.74, 6) is 0.661. The minimum atomic E-state index is -0.611. The molecule has 0 spiro atoms. The third-order valence-electron chi connectivity index (χ3n) is 3.11. The van der Waals surface area contributed by atoms with Crippen LogP contribution in [0.2, 0.25) is 0 Å². The lowest BCUT2D eigenvalue weighted by Gasteiger charge is -2.13. The first-order valence-corrected chi connectivity index (χ1v) is 7.06. The van der Waals surface area contributed by atoms with E-state index in [9.17, 15) is 4.79 Å². The molecule has 0 radical (unpaired) electrons. The smallest absolute Gasteiger partial charge is 0.158 e. The molecule has 1 unspecified atom stereocenters. The number of hydrogen-bond donors (Lipinski definition) is 1. The van der Waals surface area contributed by atoms with E-state index in [1.54, 1.807) is 7.11 Å². The number of carbonyl (C=O) groups excluding carboxylic acids is 1. The number of methoxy groups -OCH3 is 1. The average molecular weight is 334 g/mol. The van der Waals surface area contributed by atoms with Crippen LogP contribution in [0.1, 0.15) is 17.2 Å². The van der Waals surface area contributed by atoms with E-state index in [1.165, 1.54) is 0 Å². The first-order valence-electron chi connectivity index (χ1n) is 6.27. The Labute approximate surface area is 126 Å². The van der Waals surface area contributed by atoms with Crippen LogP contribution in [0, 0.1) is 0 Å². The van der Waals surface area contributed by atoms with E-state index in [4.69, 9.17) is 10.5 Å². The van der Waals surface area contributed by atoms with Crippen molar-refractivity contribution in [3.8, 4) is 5.75 Å². The Morgan fingerprint density at radius 1 is 1.25 bits per heavy atom. The topological polar surface area (TPSA) is 52.3 Å². The number of halogens is 1. The van der Waals surface area contributed by atoms with Gasteiger partial charge in [-0.05, 0) is 23.8 Å². The summed E-state index contributed by atoms with van der Waals surface area (Å²) >= 11 is 3.40. The van der Waals surface area contributed by atoms with Crippen LogP contribution in [0.25, 0.3) is 0 Å². The summed E-state index contributed by atoms with van der Waals surface area (Å²) in [6, 6.07) is 14.4. The van der Waals surface area contributed by atoms with Crippen molar-refractivity contribution in [1.82, 2.24) is 0 Å². The maximum Gasteiger partial charge on any atom is 0.158 e. The van der Waals surface area contributed by atoms with Crippen molar-refractivity contribution in [3.63, 3.8) is 0 Å². The molecule has 0 saturated heterocycles. The van der Waals surface area contributed by atoms with Crippen molar-refractivity contribution < 1.29 is 9.53 Å². The Bertz CT molecular complexity index is 599. The lowest BCUT2D eigenvalue weighted by atomic mass is 9.98. The van der Waals surface area contributed by atoms with Crippen LogP contribution in [0.5, 0.6) is 5.75 Å². The van der Waals surface area contributed by atoms with Gasteiger partial charge in [0.25, 0.3) is 0 Å². The number of ether oxygens (including phenoxy) is 1. The zero-order valence-corrected chi connectivity index (χ0v) is 12.8. The molecule has 0 heterocycles. The second-order valence-corrected chi connectivity index (χ2v) is 5.40. The van der Waals surface area contributed by atoms with Crippen LogP contribution < -0.4 is 10.5 Å². The van der Waals surface area contributed by atoms with Gasteiger partial charge < -0.3 is 10.5 Å². The molecule has 3 nitrogen and oxygen atoms in total. The highest BCUT2D eigenvalue weighted by Crippen LogP contribution is 2.25. The second-order valence-electron chi connectivity index (χ2n) is 4.49. The fraction of sp³-hybridized carbons (Fsp3) is 0.188. The van der Waals surface area contributed by atoms with Crippen LogP contribution >= 0.6 is 15.9 Å². The molecule has 2 rings (SSSR count). The summed E-state index contributed by atoms with van der Waals surface area (Å²) in [5.41, 5.74) is 7.67. The molecular weight excluding hydrogens is 318 g/mol. The molecule has 0 aliphatic rings. The molecule has 0 amide bonds. The largest absolute Gasteiger partial charge is 0.496 e. The maximum atomic E-state index is 12.3. The molecule has 4 heteroatoms. The molecule has 0 bridgehead atoms. The number of nitrogens with two attached hydrogens (primary N) is 1. The van der Waals surface area contributed by atoms with E-state index in [1.807, 2.05) is 48.5 Å². The average Bonchev–Trinajstić information content (AvgIpc) is 2.47. The number of ketones is 1. The van der Waals surface area contributed by atoms with Gasteiger partial charge in [-0.3, -0.25) is 4.79 Å². The molecule has 0 saturated carbocycles. The number of carbonyl (C=O) groups is 1. The fourth-order valence-corrected chi connectivity index (χ4v) is 2.44. The number of benzene rings is 2. The van der Waals surface area contributed by atoms with Crippen molar-refractivity contribution >= 4 is 21.7 Å². The van der Waals surface area contributed by atoms with Gasteiger partial charge in [0.15, 0.2) is 5.78 Å². The van der Waals surface area contributed by atoms with Crippen molar-refractivity contribution in [2.45, 2.75) is 12.5 Å². The van der Waals surface area contributed by atoms with E-state index in [-0.39, 0.29) is 12.2 Å². The predicted octanol–water partition coefficient (Wildman–Crippen LogP) is 3.27. The van der Waals surface area contributed by atoms with Gasteiger partial charge in [-0.15, -0.1) is 0 Å². The highest BCUT2D eigenvalue weighted by atomic mass is 79.9. The van der Waals surface area contributed by atoms with E-state index in [0.717, 1.165) is 15.6 Å². The summed E-state index contributed by atoms with van der Waals surface area (Å²) in [6.45, 7) is 0. The van der Waals surface area contributed by atoms with Crippen molar-refractivity contribution in [3.05, 3.63) is 64.1 Å². The van der Waals surface area contributed by atoms with Crippen LogP contribution in [0.4, 0.5) is 0 Å². The Balaban J connectivity index is 2.18. The molecule has 2 N–H and O–H groups in total. The Morgan fingerprint density at radius 2 is 1.95 bits per heavy atom. The zero-order valence-electron chi connectivity index (χ0n) is 11.2. The zero-order chi connectivity index (χ0) is 14.5. The SMILES string of the molecule is COc1ccc(Br)cc1CC(=O)C(N)c1ccccc1. The van der Waals surface area contributed by atoms with Gasteiger partial charge in [0, 0.05) is 16.5 Å². The molecule has 0 aliphatic carbocycles. The van der Waals surface area contributed by atoms with Crippen LogP contribution in [-0.2, 0) is 11.2 Å². The van der Waals surface area contributed by atoms with Crippen molar-refractivity contribution in [2.24, 2.45) is 5.73 Å². The summed E-state index contributed by atoms with van der Waals surface area (Å²) < 4.78 is 6.18. The molecule has 2 aromatic rings. The summed E-state index contributed by atoms with van der Waals surface area (Å²) in [6.07, 6.45) is 0.249. The Kier molecular flexibility index (Phi) is 4.93. The summed E-state index contributed by atoms with van der Waals surface area (Å²) in [4.78, 5) is 12.3. The minimum absolute atomic E-state index is 0.0346. The lowest BCUT2D eigenvalue weighted by molar-refractivity contribution is -0.119. The molecule has 104 valence electrons. The summed E-state index contributed by atoms with van der Waals surface area (Å²) in [5, 5.41) is 0. The van der Waals surface area contributed by atoms with Gasteiger partial charge in [0.2, 0.25) is 0 Å². The molecule has 0 aromatic heterocycles. The normalized spacial score (nSPS) is 11.9. The third-order valence-corrected chi connectivity index (χ3v) is 3.61. The highest BCUT2D eigenvalue weighted by Gasteiger charge is 2.17. The molecular formula is C16H16BrNO2. The Hall–Kier alpha value is -1.65. The van der Waals surface area contributed by atoms with E-state index in [2.05, 4.69) is 15.9 Å². The van der Waals surface area contributed by atoms with Crippen LogP contribution in [0.15, 0.2) is 53.0 Å². The molecule has 0 fully saturated rings. The number of hydrogen-bond acceptors (Lipinski definition) is 3. The van der Waals surface area contributed by atoms with Crippen LogP contribution in [-0.4, -0.2) is 12.9 Å². The monoisotopic (exact) mass is 333 g/mol. The van der Waals surface area contributed by atoms with Crippen molar-refractivity contribution in [1.29, 1.82) is 0 Å². The van der Waals surface area contributed by atoms with E-state index < -0.39 is 6.04 Å². The standard InChI is InChI=1S/C16H16BrNO2/c1-20-15-8-7-13(17)9-12(15)10-14(19)16(18)11-5-3-2-4-6-11/h2-9,16H,10,18H2,1H3. The van der Waals surface area contributed by atoms with E-state index >= 15 is 0 Å². The van der Waals surface area contributed by atoms with Gasteiger partial charge >= 0.3 is 0 Å². The van der Waals surface area contributed by atoms with Crippen molar-refractivity contribution in [2.75, 3.05) is 7.11 Å². The van der Waals surface area contributed by atoms with Gasteiger partial charge in [-0.2, -0.15) is 0 Å². The molecule has 0 aliphatic heterocycles. The van der Waals surface area contributed by atoms with E-state index in [0.29, 0.717) is 5.75 Å². The van der Waals surface area contributed by atoms with Gasteiger partial charge in [0.05, 0.1) is 13.2 Å². The number of Topliss-reactive ketones (excluding diaryl/α,β-unsaturated/α-hetero) is 1. The van der Waals surface area contributed by atoms with Gasteiger partial charge in [-0.1, -0.05) is 46.3 Å². The molecule has 1 atom stereocenters. The van der Waals surface area contributed by atoms with Gasteiger partial charge in [-0.25, -0.2) is 0 Å². The summed E-state index contributed by atoms with van der Waals surface area (Å²) in [7, 11) is 1.59. The second kappa shape index (κ2) is 6.68. The van der Waals surface area contributed by atoms with Crippen LogP contribution in [0.3, 0.4) is 0 Å². The molecule has 2 aromatic carbocycles. The maximum absolute atomic E-state index is 12.3. The quantitative estimate of drug-likeness (QED) is 0.913. The third kappa shape index (κ3) is 3.46. The van der Waals surface area contributed by atoms with Gasteiger partial charge in [0.1, 0.15) is 5.75 Å². The minimum Gasteiger partial charge on any atom is -0.496 e.